The van der Waals surface area contributed by atoms with Crippen LogP contribution in [-0.4, -0.2) is 43.8 Å². The SMILES string of the molecule is CC[C@H](C(=O)NC1CCCC1)N(Cc1ccc(Cl)cc1)C(=O)CN(c1cccc(Cl)c1C)S(=O)(=O)c1ccc(C)cc1. The zero-order valence-electron chi connectivity index (χ0n) is 24.1. The number of amides is 2. The van der Waals surface area contributed by atoms with Crippen molar-refractivity contribution in [2.75, 3.05) is 10.8 Å². The normalized spacial score (nSPS) is 14.4. The second kappa shape index (κ2) is 13.9. The van der Waals surface area contributed by atoms with Gasteiger partial charge in [-0.15, -0.1) is 0 Å². The smallest absolute Gasteiger partial charge is 0.264 e. The van der Waals surface area contributed by atoms with Gasteiger partial charge in [0.1, 0.15) is 12.6 Å². The zero-order valence-corrected chi connectivity index (χ0v) is 26.5. The summed E-state index contributed by atoms with van der Waals surface area (Å²) in [5.74, 6) is -0.743. The molecule has 1 fully saturated rings. The molecule has 1 N–H and O–H groups in total. The van der Waals surface area contributed by atoms with E-state index in [2.05, 4.69) is 5.32 Å². The molecule has 42 heavy (non-hydrogen) atoms. The fraction of sp³-hybridized carbons (Fsp3) is 0.375. The standard InChI is InChI=1S/C32H37Cl2N3O4S/c1-4-29(32(39)35-26-8-5-6-9-26)36(20-24-14-16-25(33)17-15-24)31(38)21-37(30-11-7-10-28(34)23(30)3)42(40,41)27-18-12-22(2)13-19-27/h7,10-19,26,29H,4-6,8-9,20-21H2,1-3H3,(H,35,39)/t29-/m1/s1. The van der Waals surface area contributed by atoms with Crippen LogP contribution in [0.5, 0.6) is 0 Å². The van der Waals surface area contributed by atoms with Crippen LogP contribution < -0.4 is 9.62 Å². The van der Waals surface area contributed by atoms with Crippen LogP contribution in [-0.2, 0) is 26.2 Å². The fourth-order valence-electron chi connectivity index (χ4n) is 5.29. The van der Waals surface area contributed by atoms with Gasteiger partial charge in [-0.2, -0.15) is 0 Å². The lowest BCUT2D eigenvalue weighted by Crippen LogP contribution is -2.53. The first-order chi connectivity index (χ1) is 20.0. The van der Waals surface area contributed by atoms with Gasteiger partial charge in [0.05, 0.1) is 10.6 Å². The first-order valence-electron chi connectivity index (χ1n) is 14.2. The molecule has 0 heterocycles. The Morgan fingerprint density at radius 3 is 2.21 bits per heavy atom. The van der Waals surface area contributed by atoms with Crippen LogP contribution in [0.1, 0.15) is 55.7 Å². The predicted octanol–water partition coefficient (Wildman–Crippen LogP) is 6.67. The third kappa shape index (κ3) is 7.46. The minimum absolute atomic E-state index is 0.0514. The van der Waals surface area contributed by atoms with Gasteiger partial charge in [-0.25, -0.2) is 8.42 Å². The summed E-state index contributed by atoms with van der Waals surface area (Å²) in [6.07, 6.45) is 4.28. The van der Waals surface area contributed by atoms with Crippen LogP contribution in [0.4, 0.5) is 5.69 Å². The first-order valence-corrected chi connectivity index (χ1v) is 16.4. The first kappa shape index (κ1) is 31.9. The summed E-state index contributed by atoms with van der Waals surface area (Å²) < 4.78 is 29.3. The van der Waals surface area contributed by atoms with Crippen LogP contribution in [0.2, 0.25) is 10.0 Å². The highest BCUT2D eigenvalue weighted by Crippen LogP contribution is 2.31. The summed E-state index contributed by atoms with van der Waals surface area (Å²) in [7, 11) is -4.18. The molecule has 1 saturated carbocycles. The van der Waals surface area contributed by atoms with E-state index in [0.717, 1.165) is 41.1 Å². The molecule has 0 bridgehead atoms. The summed E-state index contributed by atoms with van der Waals surface area (Å²) in [5.41, 5.74) is 2.50. The van der Waals surface area contributed by atoms with Crippen LogP contribution in [0.25, 0.3) is 0 Å². The van der Waals surface area contributed by atoms with Crippen LogP contribution in [0.3, 0.4) is 0 Å². The van der Waals surface area contributed by atoms with Crippen molar-refractivity contribution in [1.29, 1.82) is 0 Å². The number of rotatable bonds is 11. The number of hydrogen-bond acceptors (Lipinski definition) is 4. The molecule has 0 radical (unpaired) electrons. The molecule has 224 valence electrons. The highest BCUT2D eigenvalue weighted by molar-refractivity contribution is 7.92. The Balaban J connectivity index is 1.74. The van der Waals surface area contributed by atoms with E-state index in [1.807, 2.05) is 13.8 Å². The molecular weight excluding hydrogens is 593 g/mol. The second-order valence-electron chi connectivity index (χ2n) is 10.8. The largest absolute Gasteiger partial charge is 0.352 e. The molecular formula is C32H37Cl2N3O4S. The molecule has 0 spiro atoms. The molecule has 0 aromatic heterocycles. The van der Waals surface area contributed by atoms with Gasteiger partial charge >= 0.3 is 0 Å². The maximum atomic E-state index is 14.2. The molecule has 2 amide bonds. The van der Waals surface area contributed by atoms with Gasteiger partial charge in [-0.1, -0.05) is 78.9 Å². The minimum Gasteiger partial charge on any atom is -0.352 e. The van der Waals surface area contributed by atoms with Crippen molar-refractivity contribution in [2.24, 2.45) is 0 Å². The lowest BCUT2D eigenvalue weighted by molar-refractivity contribution is -0.140. The molecule has 0 unspecified atom stereocenters. The van der Waals surface area contributed by atoms with E-state index in [4.69, 9.17) is 23.2 Å². The third-order valence-electron chi connectivity index (χ3n) is 7.75. The van der Waals surface area contributed by atoms with Crippen molar-refractivity contribution < 1.29 is 18.0 Å². The Hall–Kier alpha value is -3.07. The summed E-state index contributed by atoms with van der Waals surface area (Å²) in [6.45, 7) is 5.03. The minimum atomic E-state index is -4.18. The van der Waals surface area contributed by atoms with Crippen molar-refractivity contribution in [1.82, 2.24) is 10.2 Å². The molecule has 4 rings (SSSR count). The number of aryl methyl sites for hydroxylation is 1. The van der Waals surface area contributed by atoms with Crippen LogP contribution >= 0.6 is 23.2 Å². The lowest BCUT2D eigenvalue weighted by Gasteiger charge is -2.34. The third-order valence-corrected chi connectivity index (χ3v) is 10.2. The van der Waals surface area contributed by atoms with Gasteiger partial charge in [0.15, 0.2) is 0 Å². The van der Waals surface area contributed by atoms with Gasteiger partial charge in [0.25, 0.3) is 10.0 Å². The Kier molecular flexibility index (Phi) is 10.6. The van der Waals surface area contributed by atoms with Gasteiger partial charge in [0.2, 0.25) is 11.8 Å². The molecule has 10 heteroatoms. The second-order valence-corrected chi connectivity index (χ2v) is 13.5. The maximum Gasteiger partial charge on any atom is 0.264 e. The predicted molar refractivity (Wildman–Crippen MR) is 168 cm³/mol. The molecule has 3 aromatic carbocycles. The Morgan fingerprint density at radius 2 is 1.60 bits per heavy atom. The van der Waals surface area contributed by atoms with Crippen molar-refractivity contribution in [3.05, 3.63) is 93.5 Å². The molecule has 0 aliphatic heterocycles. The summed E-state index contributed by atoms with van der Waals surface area (Å²) in [4.78, 5) is 29.3. The van der Waals surface area contributed by atoms with Crippen molar-refractivity contribution >= 4 is 50.7 Å². The summed E-state index contributed by atoms with van der Waals surface area (Å²) in [6, 6.07) is 17.8. The summed E-state index contributed by atoms with van der Waals surface area (Å²) in [5, 5.41) is 4.05. The van der Waals surface area contributed by atoms with Crippen molar-refractivity contribution in [3.8, 4) is 0 Å². The molecule has 1 atom stereocenters. The molecule has 1 aliphatic rings. The van der Waals surface area contributed by atoms with Crippen molar-refractivity contribution in [3.63, 3.8) is 0 Å². The van der Waals surface area contributed by atoms with E-state index in [0.29, 0.717) is 27.7 Å². The van der Waals surface area contributed by atoms with E-state index < -0.39 is 28.5 Å². The Labute approximate surface area is 258 Å². The van der Waals surface area contributed by atoms with Gasteiger partial charge < -0.3 is 10.2 Å². The molecule has 1 aliphatic carbocycles. The molecule has 0 saturated heterocycles. The average molecular weight is 631 g/mol. The average Bonchev–Trinajstić information content (AvgIpc) is 3.47. The number of halogens is 2. The number of benzene rings is 3. The molecule has 3 aromatic rings. The van der Waals surface area contributed by atoms with Crippen LogP contribution in [0, 0.1) is 13.8 Å². The van der Waals surface area contributed by atoms with E-state index in [1.54, 1.807) is 61.5 Å². The van der Waals surface area contributed by atoms with E-state index >= 15 is 0 Å². The van der Waals surface area contributed by atoms with Gasteiger partial charge in [0, 0.05) is 22.6 Å². The number of carbonyl (C=O) groups excluding carboxylic acids is 2. The Morgan fingerprint density at radius 1 is 0.952 bits per heavy atom. The highest BCUT2D eigenvalue weighted by Gasteiger charge is 2.35. The number of nitrogens with zero attached hydrogens (tertiary/aromatic N) is 2. The topological polar surface area (TPSA) is 86.8 Å². The Bertz CT molecular complexity index is 1510. The number of sulfonamides is 1. The highest BCUT2D eigenvalue weighted by atomic mass is 35.5. The lowest BCUT2D eigenvalue weighted by atomic mass is 10.1. The fourth-order valence-corrected chi connectivity index (χ4v) is 7.06. The van der Waals surface area contributed by atoms with Gasteiger partial charge in [-0.3, -0.25) is 13.9 Å². The van der Waals surface area contributed by atoms with Gasteiger partial charge in [-0.05, 0) is 80.6 Å². The number of anilines is 1. The van der Waals surface area contributed by atoms with Crippen LogP contribution in [0.15, 0.2) is 71.6 Å². The number of nitrogens with one attached hydrogen (secondary N) is 1. The number of hydrogen-bond donors (Lipinski definition) is 1. The molecule has 7 nitrogen and oxygen atoms in total. The van der Waals surface area contributed by atoms with E-state index in [9.17, 15) is 18.0 Å². The maximum absolute atomic E-state index is 14.2. The quantitative estimate of drug-likeness (QED) is 0.256. The zero-order chi connectivity index (χ0) is 30.4. The van der Waals surface area contributed by atoms with E-state index in [1.165, 1.54) is 17.0 Å². The van der Waals surface area contributed by atoms with E-state index in [-0.39, 0.29) is 23.4 Å². The number of carbonyl (C=O) groups is 2. The van der Waals surface area contributed by atoms with Crippen molar-refractivity contribution in [2.45, 2.75) is 76.4 Å². The summed E-state index contributed by atoms with van der Waals surface area (Å²) >= 11 is 12.5. The monoisotopic (exact) mass is 629 g/mol.